The maximum absolute atomic E-state index is 5.98. The maximum atomic E-state index is 5.98. The van der Waals surface area contributed by atoms with E-state index in [2.05, 4.69) is 11.4 Å². The first-order valence-electron chi connectivity index (χ1n) is 6.58. The van der Waals surface area contributed by atoms with Gasteiger partial charge in [0.1, 0.15) is 0 Å². The molecule has 0 heterocycles. The van der Waals surface area contributed by atoms with Crippen molar-refractivity contribution in [1.29, 1.82) is 0 Å². The van der Waals surface area contributed by atoms with E-state index in [1.807, 2.05) is 18.2 Å². The molecule has 1 aromatic carbocycles. The molecule has 0 radical (unpaired) electrons. The summed E-state index contributed by atoms with van der Waals surface area (Å²) in [6, 6.07) is 5.79. The Bertz CT molecular complexity index is 429. The monoisotopic (exact) mass is 319 g/mol. The Morgan fingerprint density at radius 1 is 1.11 bits per heavy atom. The van der Waals surface area contributed by atoms with Crippen LogP contribution in [0.3, 0.4) is 0 Å². The standard InChI is InChI=1S/C15H19Cl2N.ClH/c16-14-7-6-13(10-15(14)17)11-18-9-8-12-4-2-1-3-5-12;/h4,6-7,10,18H,1-3,5,8-9,11H2;1H. The predicted molar refractivity (Wildman–Crippen MR) is 86.6 cm³/mol. The van der Waals surface area contributed by atoms with Crippen LogP contribution in [0.25, 0.3) is 0 Å². The van der Waals surface area contributed by atoms with Crippen molar-refractivity contribution in [3.63, 3.8) is 0 Å². The number of allylic oxidation sites excluding steroid dienone is 1. The van der Waals surface area contributed by atoms with Gasteiger partial charge in [0.2, 0.25) is 0 Å². The van der Waals surface area contributed by atoms with E-state index in [0.717, 1.165) is 13.1 Å². The molecule has 1 nitrogen and oxygen atoms in total. The largest absolute Gasteiger partial charge is 0.312 e. The van der Waals surface area contributed by atoms with Crippen LogP contribution < -0.4 is 5.32 Å². The van der Waals surface area contributed by atoms with Crippen LogP contribution in [0, 0.1) is 0 Å². The molecule has 0 saturated heterocycles. The Balaban J connectivity index is 0.00000180. The fraction of sp³-hybridized carbons (Fsp3) is 0.467. The van der Waals surface area contributed by atoms with Crippen molar-refractivity contribution in [3.05, 3.63) is 45.5 Å². The summed E-state index contributed by atoms with van der Waals surface area (Å²) in [4.78, 5) is 0. The second kappa shape index (κ2) is 8.86. The van der Waals surface area contributed by atoms with Gasteiger partial charge in [-0.2, -0.15) is 0 Å². The third-order valence-electron chi connectivity index (χ3n) is 3.32. The molecule has 0 unspecified atom stereocenters. The first-order valence-corrected chi connectivity index (χ1v) is 7.34. The van der Waals surface area contributed by atoms with Gasteiger partial charge in [0, 0.05) is 6.54 Å². The van der Waals surface area contributed by atoms with Crippen LogP contribution in [0.5, 0.6) is 0 Å². The second-order valence-corrected chi connectivity index (χ2v) is 5.60. The Morgan fingerprint density at radius 2 is 1.95 bits per heavy atom. The van der Waals surface area contributed by atoms with Crippen LogP contribution in [0.15, 0.2) is 29.8 Å². The maximum Gasteiger partial charge on any atom is 0.0595 e. The lowest BCUT2D eigenvalue weighted by Gasteiger charge is -2.13. The van der Waals surface area contributed by atoms with Gasteiger partial charge in [0.15, 0.2) is 0 Å². The third kappa shape index (κ3) is 5.74. The lowest BCUT2D eigenvalue weighted by molar-refractivity contribution is 0.632. The van der Waals surface area contributed by atoms with Crippen LogP contribution in [0.4, 0.5) is 0 Å². The average Bonchev–Trinajstić information content (AvgIpc) is 2.40. The van der Waals surface area contributed by atoms with Crippen LogP contribution in [0.1, 0.15) is 37.7 Å². The first-order chi connectivity index (χ1) is 8.75. The van der Waals surface area contributed by atoms with Gasteiger partial charge in [0.05, 0.1) is 10.0 Å². The number of benzene rings is 1. The third-order valence-corrected chi connectivity index (χ3v) is 4.06. The molecule has 0 aromatic heterocycles. The molecule has 2 rings (SSSR count). The van der Waals surface area contributed by atoms with Crippen molar-refractivity contribution in [2.24, 2.45) is 0 Å². The van der Waals surface area contributed by atoms with Gasteiger partial charge in [-0.05, 0) is 56.3 Å². The van der Waals surface area contributed by atoms with Crippen molar-refractivity contribution < 1.29 is 0 Å². The molecule has 19 heavy (non-hydrogen) atoms. The van der Waals surface area contributed by atoms with E-state index in [9.17, 15) is 0 Å². The Hall–Kier alpha value is -0.210. The summed E-state index contributed by atoms with van der Waals surface area (Å²) in [7, 11) is 0. The molecule has 0 fully saturated rings. The van der Waals surface area contributed by atoms with Crippen molar-refractivity contribution >= 4 is 35.6 Å². The molecule has 0 spiro atoms. The SMILES string of the molecule is Cl.Clc1ccc(CNCCC2=CCCCC2)cc1Cl. The molecule has 1 N–H and O–H groups in total. The van der Waals surface area contributed by atoms with Crippen LogP contribution in [-0.4, -0.2) is 6.54 Å². The van der Waals surface area contributed by atoms with Gasteiger partial charge >= 0.3 is 0 Å². The summed E-state index contributed by atoms with van der Waals surface area (Å²) >= 11 is 11.9. The van der Waals surface area contributed by atoms with Crippen molar-refractivity contribution in [2.45, 2.75) is 38.6 Å². The van der Waals surface area contributed by atoms with E-state index in [0.29, 0.717) is 10.0 Å². The smallest absolute Gasteiger partial charge is 0.0595 e. The number of nitrogens with one attached hydrogen (secondary N) is 1. The van der Waals surface area contributed by atoms with E-state index in [1.165, 1.54) is 37.7 Å². The first kappa shape index (κ1) is 16.8. The molecule has 4 heteroatoms. The minimum atomic E-state index is 0. The lowest BCUT2D eigenvalue weighted by atomic mass is 9.97. The topological polar surface area (TPSA) is 12.0 Å². The zero-order valence-electron chi connectivity index (χ0n) is 10.9. The lowest BCUT2D eigenvalue weighted by Crippen LogP contribution is -2.15. The highest BCUT2D eigenvalue weighted by atomic mass is 35.5. The molecule has 0 aliphatic heterocycles. The number of hydrogen-bond acceptors (Lipinski definition) is 1. The fourth-order valence-corrected chi connectivity index (χ4v) is 2.58. The number of hydrogen-bond donors (Lipinski definition) is 1. The highest BCUT2D eigenvalue weighted by Gasteiger charge is 2.03. The van der Waals surface area contributed by atoms with E-state index in [-0.39, 0.29) is 12.4 Å². The molecular weight excluding hydrogens is 301 g/mol. The van der Waals surface area contributed by atoms with Crippen molar-refractivity contribution in [3.8, 4) is 0 Å². The van der Waals surface area contributed by atoms with Crippen LogP contribution in [0.2, 0.25) is 10.0 Å². The molecule has 0 bridgehead atoms. The molecule has 1 aliphatic carbocycles. The van der Waals surface area contributed by atoms with Gasteiger partial charge in [-0.25, -0.2) is 0 Å². The molecule has 0 atom stereocenters. The molecule has 106 valence electrons. The van der Waals surface area contributed by atoms with Crippen LogP contribution in [-0.2, 0) is 6.54 Å². The quantitative estimate of drug-likeness (QED) is 0.566. The molecule has 1 aliphatic rings. The number of rotatable bonds is 5. The Labute approximate surface area is 131 Å². The summed E-state index contributed by atoms with van der Waals surface area (Å²) in [5, 5.41) is 4.70. The van der Waals surface area contributed by atoms with Crippen LogP contribution >= 0.6 is 35.6 Å². The molecule has 1 aromatic rings. The average molecular weight is 321 g/mol. The Morgan fingerprint density at radius 3 is 2.63 bits per heavy atom. The zero-order chi connectivity index (χ0) is 12.8. The molecule has 0 saturated carbocycles. The summed E-state index contributed by atoms with van der Waals surface area (Å²) in [5.74, 6) is 0. The van der Waals surface area contributed by atoms with Gasteiger partial charge < -0.3 is 5.32 Å². The van der Waals surface area contributed by atoms with E-state index in [1.54, 1.807) is 5.57 Å². The van der Waals surface area contributed by atoms with Gasteiger partial charge in [0.25, 0.3) is 0 Å². The minimum Gasteiger partial charge on any atom is -0.312 e. The summed E-state index contributed by atoms with van der Waals surface area (Å²) < 4.78 is 0. The van der Waals surface area contributed by atoms with Gasteiger partial charge in [-0.15, -0.1) is 12.4 Å². The van der Waals surface area contributed by atoms with Crippen molar-refractivity contribution in [1.82, 2.24) is 5.32 Å². The summed E-state index contributed by atoms with van der Waals surface area (Å²) in [6.07, 6.45) is 8.85. The summed E-state index contributed by atoms with van der Waals surface area (Å²) in [5.41, 5.74) is 2.80. The second-order valence-electron chi connectivity index (χ2n) is 4.78. The predicted octanol–water partition coefficient (Wildman–Crippen LogP) is 5.40. The Kier molecular flexibility index (Phi) is 7.86. The van der Waals surface area contributed by atoms with E-state index < -0.39 is 0 Å². The molecular formula is C15H20Cl3N. The van der Waals surface area contributed by atoms with E-state index in [4.69, 9.17) is 23.2 Å². The number of halogens is 3. The zero-order valence-corrected chi connectivity index (χ0v) is 13.3. The highest BCUT2D eigenvalue weighted by molar-refractivity contribution is 6.42. The van der Waals surface area contributed by atoms with Gasteiger partial charge in [-0.3, -0.25) is 0 Å². The minimum absolute atomic E-state index is 0. The summed E-state index contributed by atoms with van der Waals surface area (Å²) in [6.45, 7) is 1.89. The van der Waals surface area contributed by atoms with E-state index >= 15 is 0 Å². The molecule has 0 amide bonds. The highest BCUT2D eigenvalue weighted by Crippen LogP contribution is 2.22. The normalized spacial score (nSPS) is 14.7. The van der Waals surface area contributed by atoms with Gasteiger partial charge in [-0.1, -0.05) is 40.9 Å². The van der Waals surface area contributed by atoms with Crippen molar-refractivity contribution in [2.75, 3.05) is 6.54 Å². The fourth-order valence-electron chi connectivity index (χ4n) is 2.26.